The fourth-order valence-electron chi connectivity index (χ4n) is 3.60. The summed E-state index contributed by atoms with van der Waals surface area (Å²) in [4.78, 5) is 22.8. The zero-order chi connectivity index (χ0) is 24.2. The fourth-order valence-corrected chi connectivity index (χ4v) is 3.60. The molecular formula is C24H25F2N5O3. The Kier molecular flexibility index (Phi) is 6.87. The van der Waals surface area contributed by atoms with Crippen LogP contribution in [0.15, 0.2) is 42.6 Å². The minimum atomic E-state index is -0.610. The van der Waals surface area contributed by atoms with Gasteiger partial charge in [0.25, 0.3) is 0 Å². The monoisotopic (exact) mass is 469 g/mol. The summed E-state index contributed by atoms with van der Waals surface area (Å²) < 4.78 is 40.2. The molecule has 8 nitrogen and oxygen atoms in total. The molecule has 4 rings (SSSR count). The molecule has 1 aliphatic rings. The lowest BCUT2D eigenvalue weighted by molar-refractivity contribution is -0.121. The summed E-state index contributed by atoms with van der Waals surface area (Å²) in [5.74, 6) is -1.12. The number of rotatable bonds is 7. The first-order chi connectivity index (χ1) is 16.3. The van der Waals surface area contributed by atoms with E-state index in [9.17, 15) is 9.18 Å². The number of anilines is 2. The van der Waals surface area contributed by atoms with E-state index in [0.29, 0.717) is 36.6 Å². The molecule has 1 atom stereocenters. The van der Waals surface area contributed by atoms with Gasteiger partial charge < -0.3 is 25.4 Å². The van der Waals surface area contributed by atoms with Crippen molar-refractivity contribution in [3.8, 4) is 22.8 Å². The maximum absolute atomic E-state index is 15.0. The maximum Gasteiger partial charge on any atom is 0.231 e. The first-order valence-corrected chi connectivity index (χ1v) is 10.7. The number of amides is 1. The van der Waals surface area contributed by atoms with E-state index < -0.39 is 17.6 Å². The van der Waals surface area contributed by atoms with Crippen molar-refractivity contribution in [1.29, 1.82) is 0 Å². The Morgan fingerprint density at radius 1 is 1.26 bits per heavy atom. The molecule has 10 heteroatoms. The van der Waals surface area contributed by atoms with Crippen molar-refractivity contribution in [2.45, 2.75) is 6.42 Å². The number of benzene rings is 2. The summed E-state index contributed by atoms with van der Waals surface area (Å²) >= 11 is 0. The van der Waals surface area contributed by atoms with Crippen molar-refractivity contribution < 1.29 is 23.0 Å². The molecule has 0 spiro atoms. The minimum absolute atomic E-state index is 0.0124. The lowest BCUT2D eigenvalue weighted by Crippen LogP contribution is -2.33. The average Bonchev–Trinajstić information content (AvgIpc) is 2.79. The Bertz CT molecular complexity index is 1210. The van der Waals surface area contributed by atoms with Crippen LogP contribution in [0.2, 0.25) is 0 Å². The number of nitrogens with two attached hydrogens (primary N) is 1. The summed E-state index contributed by atoms with van der Waals surface area (Å²) in [7, 11) is 3.80. The van der Waals surface area contributed by atoms with Crippen molar-refractivity contribution in [2.75, 3.05) is 44.9 Å². The van der Waals surface area contributed by atoms with Crippen molar-refractivity contribution >= 4 is 17.5 Å². The molecule has 2 aromatic carbocycles. The quantitative estimate of drug-likeness (QED) is 0.548. The topological polar surface area (TPSA) is 103 Å². The van der Waals surface area contributed by atoms with Crippen molar-refractivity contribution in [3.05, 3.63) is 59.8 Å². The predicted octanol–water partition coefficient (Wildman–Crippen LogP) is 3.13. The molecule has 1 unspecified atom stereocenters. The van der Waals surface area contributed by atoms with E-state index in [1.807, 2.05) is 19.0 Å². The van der Waals surface area contributed by atoms with Crippen LogP contribution in [0.1, 0.15) is 5.56 Å². The highest BCUT2D eigenvalue weighted by atomic mass is 19.1. The average molecular weight is 469 g/mol. The lowest BCUT2D eigenvalue weighted by Gasteiger charge is -2.25. The second-order valence-electron chi connectivity index (χ2n) is 8.23. The van der Waals surface area contributed by atoms with Crippen LogP contribution in [0.25, 0.3) is 11.3 Å². The molecular weight excluding hydrogens is 444 g/mol. The number of fused-ring (bicyclic) bond motifs is 1. The van der Waals surface area contributed by atoms with Crippen LogP contribution in [0.3, 0.4) is 0 Å². The van der Waals surface area contributed by atoms with E-state index >= 15 is 4.39 Å². The highest BCUT2D eigenvalue weighted by Gasteiger charge is 2.27. The summed E-state index contributed by atoms with van der Waals surface area (Å²) in [5.41, 5.74) is 6.89. The van der Waals surface area contributed by atoms with Gasteiger partial charge in [-0.1, -0.05) is 0 Å². The van der Waals surface area contributed by atoms with Crippen molar-refractivity contribution in [3.63, 3.8) is 0 Å². The lowest BCUT2D eigenvalue weighted by atomic mass is 9.95. The number of nitrogens with zero attached hydrogens (tertiary/aromatic N) is 3. The minimum Gasteiger partial charge on any atom is -0.492 e. The third kappa shape index (κ3) is 5.40. The number of carbonyl (C=O) groups excluding carboxylic acids is 1. The molecule has 3 N–H and O–H groups in total. The van der Waals surface area contributed by atoms with Gasteiger partial charge in [-0.05, 0) is 56.4 Å². The van der Waals surface area contributed by atoms with Crippen LogP contribution in [0.4, 0.5) is 20.4 Å². The highest BCUT2D eigenvalue weighted by Crippen LogP contribution is 2.34. The van der Waals surface area contributed by atoms with E-state index in [4.69, 9.17) is 15.2 Å². The second-order valence-corrected chi connectivity index (χ2v) is 8.23. The Morgan fingerprint density at radius 2 is 2.09 bits per heavy atom. The van der Waals surface area contributed by atoms with E-state index in [0.717, 1.165) is 0 Å². The van der Waals surface area contributed by atoms with Crippen LogP contribution in [0, 0.1) is 17.6 Å². The van der Waals surface area contributed by atoms with Gasteiger partial charge in [-0.15, -0.1) is 0 Å². The molecule has 178 valence electrons. The third-order valence-electron chi connectivity index (χ3n) is 5.37. The Morgan fingerprint density at radius 3 is 2.85 bits per heavy atom. The van der Waals surface area contributed by atoms with Gasteiger partial charge in [0.05, 0.1) is 17.3 Å². The fraction of sp³-hybridized carbons (Fsp3) is 0.292. The van der Waals surface area contributed by atoms with E-state index in [-0.39, 0.29) is 35.5 Å². The smallest absolute Gasteiger partial charge is 0.231 e. The molecule has 1 amide bonds. The van der Waals surface area contributed by atoms with E-state index in [1.54, 1.807) is 6.07 Å². The van der Waals surface area contributed by atoms with Crippen molar-refractivity contribution in [1.82, 2.24) is 14.9 Å². The van der Waals surface area contributed by atoms with Gasteiger partial charge in [0, 0.05) is 24.4 Å². The number of halogens is 2. The normalized spacial score (nSPS) is 14.9. The predicted molar refractivity (Wildman–Crippen MR) is 124 cm³/mol. The number of likely N-dealkylation sites (N-methyl/N-ethyl adjacent to an activating group) is 1. The molecule has 0 aliphatic carbocycles. The van der Waals surface area contributed by atoms with Gasteiger partial charge >= 0.3 is 0 Å². The molecule has 0 saturated heterocycles. The van der Waals surface area contributed by atoms with Gasteiger partial charge in [0.1, 0.15) is 36.3 Å². The molecule has 2 heterocycles. The highest BCUT2D eigenvalue weighted by molar-refractivity contribution is 5.95. The summed E-state index contributed by atoms with van der Waals surface area (Å²) in [6, 6.07) is 8.41. The molecule has 34 heavy (non-hydrogen) atoms. The van der Waals surface area contributed by atoms with Gasteiger partial charge in [-0.2, -0.15) is 0 Å². The van der Waals surface area contributed by atoms with Crippen LogP contribution in [0.5, 0.6) is 11.5 Å². The van der Waals surface area contributed by atoms with Gasteiger partial charge in [-0.3, -0.25) is 4.79 Å². The number of hydrogen-bond acceptors (Lipinski definition) is 7. The van der Waals surface area contributed by atoms with Crippen LogP contribution in [-0.2, 0) is 11.2 Å². The van der Waals surface area contributed by atoms with E-state index in [2.05, 4.69) is 15.3 Å². The molecule has 0 saturated carbocycles. The number of carbonyl (C=O) groups is 1. The number of nitrogen functional groups attached to an aromatic ring is 1. The van der Waals surface area contributed by atoms with Crippen LogP contribution < -0.4 is 20.5 Å². The maximum atomic E-state index is 15.0. The Labute approximate surface area is 195 Å². The standard InChI is InChI=1S/C24H25F2N5O3/c1-31(2)7-8-33-22-11-17(19-5-6-28-24(27)30-19)18(26)12-20(22)29-23(32)15-9-14-10-16(25)3-4-21(14)34-13-15/h3-6,10-12,15H,7-9,13H2,1-2H3,(H,29,32)(H2,27,28,30). The SMILES string of the molecule is CN(C)CCOc1cc(-c2ccnc(N)n2)c(F)cc1NC(=O)C1COc2ccc(F)cc2C1. The Balaban J connectivity index is 1.59. The molecule has 0 bridgehead atoms. The molecule has 0 fully saturated rings. The van der Waals surface area contributed by atoms with Gasteiger partial charge in [0.2, 0.25) is 11.9 Å². The van der Waals surface area contributed by atoms with Gasteiger partial charge in [-0.25, -0.2) is 18.7 Å². The van der Waals surface area contributed by atoms with Gasteiger partial charge in [0.15, 0.2) is 0 Å². The summed E-state index contributed by atoms with van der Waals surface area (Å²) in [6.45, 7) is 1.05. The van der Waals surface area contributed by atoms with E-state index in [1.165, 1.54) is 36.5 Å². The molecule has 0 radical (unpaired) electrons. The third-order valence-corrected chi connectivity index (χ3v) is 5.37. The first-order valence-electron chi connectivity index (χ1n) is 10.7. The number of hydrogen-bond donors (Lipinski definition) is 2. The largest absolute Gasteiger partial charge is 0.492 e. The zero-order valence-corrected chi connectivity index (χ0v) is 18.8. The summed E-state index contributed by atoms with van der Waals surface area (Å²) in [5, 5.41) is 2.75. The van der Waals surface area contributed by atoms with Crippen molar-refractivity contribution in [2.24, 2.45) is 5.92 Å². The number of aromatic nitrogens is 2. The number of nitrogens with one attached hydrogen (secondary N) is 1. The first kappa shape index (κ1) is 23.4. The van der Waals surface area contributed by atoms with Crippen LogP contribution >= 0.6 is 0 Å². The second kappa shape index (κ2) is 10.0. The summed E-state index contributed by atoms with van der Waals surface area (Å²) in [6.07, 6.45) is 1.74. The molecule has 1 aliphatic heterocycles. The molecule has 3 aromatic rings. The number of ether oxygens (including phenoxy) is 2. The Hall–Kier alpha value is -3.79. The zero-order valence-electron chi connectivity index (χ0n) is 18.8. The van der Waals surface area contributed by atoms with Crippen LogP contribution in [-0.4, -0.2) is 54.6 Å². The molecule has 1 aromatic heterocycles.